The molecule has 0 fully saturated rings. The van der Waals surface area contributed by atoms with E-state index in [0.29, 0.717) is 0 Å². The number of benzene rings is 2. The topological polar surface area (TPSA) is 59.7 Å². The first-order chi connectivity index (χ1) is 18.8. The van der Waals surface area contributed by atoms with Crippen molar-refractivity contribution in [1.82, 2.24) is 29.7 Å². The van der Waals surface area contributed by atoms with Crippen LogP contribution in [-0.4, -0.2) is 32.2 Å². The van der Waals surface area contributed by atoms with Crippen LogP contribution in [0.3, 0.4) is 0 Å². The third kappa shape index (κ3) is 5.24. The zero-order chi connectivity index (χ0) is 25.9. The highest BCUT2D eigenvalue weighted by molar-refractivity contribution is 6.08. The molecule has 6 rings (SSSR count). The quantitative estimate of drug-likeness (QED) is 0.177. The fourth-order valence-corrected chi connectivity index (χ4v) is 5.79. The van der Waals surface area contributed by atoms with E-state index in [1.807, 2.05) is 12.4 Å². The molecule has 0 atom stereocenters. The zero-order valence-electron chi connectivity index (χ0n) is 22.8. The highest BCUT2D eigenvalue weighted by Crippen LogP contribution is 2.30. The van der Waals surface area contributed by atoms with Gasteiger partial charge in [-0.15, -0.1) is 12.4 Å². The molecule has 39 heavy (non-hydrogen) atoms. The van der Waals surface area contributed by atoms with E-state index in [1.54, 1.807) is 0 Å². The van der Waals surface area contributed by atoms with E-state index >= 15 is 0 Å². The summed E-state index contributed by atoms with van der Waals surface area (Å²) in [5, 5.41) is 12.4. The van der Waals surface area contributed by atoms with Crippen molar-refractivity contribution in [3.63, 3.8) is 0 Å². The molecule has 7 heteroatoms. The van der Waals surface area contributed by atoms with Gasteiger partial charge >= 0.3 is 0 Å². The number of halogens is 1. The van der Waals surface area contributed by atoms with Gasteiger partial charge in [-0.2, -0.15) is 0 Å². The van der Waals surface area contributed by atoms with Crippen molar-refractivity contribution in [2.75, 3.05) is 13.1 Å². The molecule has 0 saturated heterocycles. The third-order valence-corrected chi connectivity index (χ3v) is 7.63. The second kappa shape index (κ2) is 12.2. The van der Waals surface area contributed by atoms with Gasteiger partial charge in [0.05, 0.1) is 34.8 Å². The van der Waals surface area contributed by atoms with Crippen LogP contribution in [0.25, 0.3) is 43.6 Å². The molecule has 6 nitrogen and oxygen atoms in total. The van der Waals surface area contributed by atoms with Gasteiger partial charge in [-0.1, -0.05) is 36.4 Å². The summed E-state index contributed by atoms with van der Waals surface area (Å²) in [5.41, 5.74) is 7.20. The Hall–Kier alpha value is -3.45. The van der Waals surface area contributed by atoms with Crippen LogP contribution in [-0.2, 0) is 26.2 Å². The summed E-state index contributed by atoms with van der Waals surface area (Å²) >= 11 is 0. The first kappa shape index (κ1) is 27.1. The van der Waals surface area contributed by atoms with Gasteiger partial charge in [-0.3, -0.25) is 9.97 Å². The van der Waals surface area contributed by atoms with E-state index in [-0.39, 0.29) is 12.4 Å². The minimum Gasteiger partial charge on any atom is -0.339 e. The highest BCUT2D eigenvalue weighted by atomic mass is 35.5. The van der Waals surface area contributed by atoms with Crippen molar-refractivity contribution < 1.29 is 0 Å². The molecule has 0 aliphatic rings. The average Bonchev–Trinajstić information content (AvgIpc) is 3.46. The highest BCUT2D eigenvalue weighted by Gasteiger charge is 2.11. The number of aryl methyl sites for hydroxylation is 2. The minimum atomic E-state index is 0. The second-order valence-electron chi connectivity index (χ2n) is 9.97. The summed E-state index contributed by atoms with van der Waals surface area (Å²) in [6, 6.07) is 21.8. The van der Waals surface area contributed by atoms with Crippen molar-refractivity contribution in [2.24, 2.45) is 0 Å². The van der Waals surface area contributed by atoms with Gasteiger partial charge in [-0.05, 0) is 64.0 Å². The van der Waals surface area contributed by atoms with Crippen LogP contribution in [0.15, 0.2) is 73.1 Å². The van der Waals surface area contributed by atoms with E-state index < -0.39 is 0 Å². The molecule has 2 aromatic carbocycles. The van der Waals surface area contributed by atoms with Gasteiger partial charge in [0, 0.05) is 58.8 Å². The fraction of sp³-hybridized carbons (Fsp3) is 0.312. The average molecular weight is 541 g/mol. The molecule has 2 N–H and O–H groups in total. The Morgan fingerprint density at radius 2 is 1.03 bits per heavy atom. The van der Waals surface area contributed by atoms with Crippen molar-refractivity contribution in [2.45, 2.75) is 52.9 Å². The van der Waals surface area contributed by atoms with Crippen molar-refractivity contribution in [1.29, 1.82) is 0 Å². The monoisotopic (exact) mass is 540 g/mol. The second-order valence-corrected chi connectivity index (χ2v) is 9.97. The van der Waals surface area contributed by atoms with Crippen LogP contribution >= 0.6 is 12.4 Å². The number of unbranched alkanes of at least 4 members (excludes halogenated alkanes) is 1. The number of pyridine rings is 2. The standard InChI is InChI=1S/C32H36N6.ClH/c1-3-37-29-13-7-5-11-25(29)27-17-23(35-21-31(27)37)19-33-15-9-10-16-34-20-24-18-28-26-12-6-8-14-30(26)38(4-2)32(28)22-36-24;/h5-8,11-14,17-18,21-22,33-34H,3-4,9-10,15-16,19-20H2,1-2H3;1H. The lowest BCUT2D eigenvalue weighted by Crippen LogP contribution is -2.19. The van der Waals surface area contributed by atoms with Gasteiger partial charge in [0.1, 0.15) is 0 Å². The van der Waals surface area contributed by atoms with Crippen molar-refractivity contribution >= 4 is 56.0 Å². The van der Waals surface area contributed by atoms with Crippen LogP contribution in [0.2, 0.25) is 0 Å². The van der Waals surface area contributed by atoms with Gasteiger partial charge in [0.2, 0.25) is 0 Å². The lowest BCUT2D eigenvalue weighted by Gasteiger charge is -2.07. The molecule has 0 saturated carbocycles. The van der Waals surface area contributed by atoms with E-state index in [9.17, 15) is 0 Å². The van der Waals surface area contributed by atoms with Gasteiger partial charge in [0.25, 0.3) is 0 Å². The van der Waals surface area contributed by atoms with Crippen LogP contribution in [0.4, 0.5) is 0 Å². The predicted octanol–water partition coefficient (Wildman–Crippen LogP) is 6.81. The number of rotatable bonds is 11. The summed E-state index contributed by atoms with van der Waals surface area (Å²) in [6.45, 7) is 9.84. The molecular weight excluding hydrogens is 504 g/mol. The maximum atomic E-state index is 4.73. The smallest absolute Gasteiger partial charge is 0.0677 e. The lowest BCUT2D eigenvalue weighted by molar-refractivity contribution is 0.576. The van der Waals surface area contributed by atoms with E-state index in [2.05, 4.69) is 94.3 Å². The molecular formula is C32H37ClN6. The SMILES string of the molecule is CCn1c2ccccc2c2cc(CNCCCCNCc3cc4c5ccccc5n(CC)c4cn3)ncc21.Cl. The van der Waals surface area contributed by atoms with Crippen LogP contribution in [0.1, 0.15) is 38.1 Å². The molecule has 0 spiro atoms. The van der Waals surface area contributed by atoms with Gasteiger partial charge < -0.3 is 19.8 Å². The van der Waals surface area contributed by atoms with Gasteiger partial charge in [-0.25, -0.2) is 0 Å². The maximum Gasteiger partial charge on any atom is 0.0677 e. The molecule has 4 aromatic heterocycles. The number of hydrogen-bond acceptors (Lipinski definition) is 4. The van der Waals surface area contributed by atoms with Crippen molar-refractivity contribution in [3.8, 4) is 0 Å². The molecule has 0 radical (unpaired) electrons. The summed E-state index contributed by atoms with van der Waals surface area (Å²) in [4.78, 5) is 9.47. The molecule has 0 amide bonds. The Labute approximate surface area is 235 Å². The van der Waals surface area contributed by atoms with Crippen LogP contribution < -0.4 is 10.6 Å². The molecule has 0 aliphatic carbocycles. The Kier molecular flexibility index (Phi) is 8.46. The zero-order valence-corrected chi connectivity index (χ0v) is 23.6. The molecule has 0 aliphatic heterocycles. The third-order valence-electron chi connectivity index (χ3n) is 7.63. The molecule has 6 aromatic rings. The van der Waals surface area contributed by atoms with E-state index in [0.717, 1.165) is 63.5 Å². The Balaban J connectivity index is 0.00000308. The number of nitrogens with one attached hydrogen (secondary N) is 2. The lowest BCUT2D eigenvalue weighted by atomic mass is 10.1. The molecule has 0 bridgehead atoms. The minimum absolute atomic E-state index is 0. The summed E-state index contributed by atoms with van der Waals surface area (Å²) in [5.74, 6) is 0. The summed E-state index contributed by atoms with van der Waals surface area (Å²) in [6.07, 6.45) is 6.32. The van der Waals surface area contributed by atoms with Crippen LogP contribution in [0.5, 0.6) is 0 Å². The predicted molar refractivity (Wildman–Crippen MR) is 166 cm³/mol. The normalized spacial score (nSPS) is 11.6. The number of fused-ring (bicyclic) bond motifs is 6. The Morgan fingerprint density at radius 3 is 1.46 bits per heavy atom. The first-order valence-corrected chi connectivity index (χ1v) is 13.9. The van der Waals surface area contributed by atoms with E-state index in [1.165, 1.54) is 43.6 Å². The van der Waals surface area contributed by atoms with Gasteiger partial charge in [0.15, 0.2) is 0 Å². The number of para-hydroxylation sites is 2. The Morgan fingerprint density at radius 1 is 0.590 bits per heavy atom. The largest absolute Gasteiger partial charge is 0.339 e. The summed E-state index contributed by atoms with van der Waals surface area (Å²) < 4.78 is 4.69. The molecule has 4 heterocycles. The fourth-order valence-electron chi connectivity index (χ4n) is 5.79. The van der Waals surface area contributed by atoms with E-state index in [4.69, 9.17) is 9.97 Å². The molecule has 0 unspecified atom stereocenters. The maximum absolute atomic E-state index is 4.73. The summed E-state index contributed by atoms with van der Waals surface area (Å²) in [7, 11) is 0. The first-order valence-electron chi connectivity index (χ1n) is 13.9. The Bertz CT molecular complexity index is 1590. The van der Waals surface area contributed by atoms with Crippen LogP contribution in [0, 0.1) is 0 Å². The number of aromatic nitrogens is 4. The molecule has 202 valence electrons. The number of hydrogen-bond donors (Lipinski definition) is 2. The van der Waals surface area contributed by atoms with Crippen molar-refractivity contribution in [3.05, 3.63) is 84.4 Å². The number of nitrogens with zero attached hydrogens (tertiary/aromatic N) is 4.